The van der Waals surface area contributed by atoms with E-state index < -0.39 is 0 Å². The zero-order valence-corrected chi connectivity index (χ0v) is 14.6. The highest BCUT2D eigenvalue weighted by Gasteiger charge is 2.45. The molecular formula is C19H17BrN2O2. The second-order valence-corrected chi connectivity index (χ2v) is 7.33. The van der Waals surface area contributed by atoms with E-state index >= 15 is 0 Å². The Morgan fingerprint density at radius 1 is 1.21 bits per heavy atom. The quantitative estimate of drug-likeness (QED) is 0.757. The number of rotatable bonds is 4. The molecule has 24 heavy (non-hydrogen) atoms. The van der Waals surface area contributed by atoms with Crippen molar-refractivity contribution < 1.29 is 9.59 Å². The SMILES string of the molecule is O=CC1CC(N2C(=O)c3ccccc3C2Cc2ncccc2Br)C1. The minimum absolute atomic E-state index is 0.0162. The Labute approximate surface area is 149 Å². The smallest absolute Gasteiger partial charge is 0.254 e. The molecule has 0 bridgehead atoms. The van der Waals surface area contributed by atoms with E-state index in [1.807, 2.05) is 41.3 Å². The van der Waals surface area contributed by atoms with Crippen LogP contribution in [0.5, 0.6) is 0 Å². The van der Waals surface area contributed by atoms with E-state index in [2.05, 4.69) is 20.9 Å². The molecular weight excluding hydrogens is 368 g/mol. The van der Waals surface area contributed by atoms with Crippen LogP contribution in [-0.2, 0) is 11.2 Å². The Morgan fingerprint density at radius 3 is 2.75 bits per heavy atom. The highest BCUT2D eigenvalue weighted by Crippen LogP contribution is 2.43. The minimum atomic E-state index is -0.0162. The molecule has 1 amide bonds. The van der Waals surface area contributed by atoms with Crippen molar-refractivity contribution in [2.24, 2.45) is 5.92 Å². The fourth-order valence-electron chi connectivity index (χ4n) is 3.76. The zero-order chi connectivity index (χ0) is 16.7. The summed E-state index contributed by atoms with van der Waals surface area (Å²) < 4.78 is 0.959. The summed E-state index contributed by atoms with van der Waals surface area (Å²) in [5, 5.41) is 0. The number of hydrogen-bond acceptors (Lipinski definition) is 3. The van der Waals surface area contributed by atoms with Crippen molar-refractivity contribution in [2.45, 2.75) is 31.3 Å². The molecule has 4 nitrogen and oxygen atoms in total. The van der Waals surface area contributed by atoms with E-state index in [1.54, 1.807) is 6.20 Å². The molecule has 122 valence electrons. The second kappa shape index (κ2) is 6.13. The fraction of sp³-hybridized carbons (Fsp3) is 0.316. The van der Waals surface area contributed by atoms with E-state index in [0.29, 0.717) is 6.42 Å². The van der Waals surface area contributed by atoms with Crippen LogP contribution in [0.2, 0.25) is 0 Å². The van der Waals surface area contributed by atoms with Gasteiger partial charge in [0.05, 0.1) is 11.7 Å². The number of aldehydes is 1. The van der Waals surface area contributed by atoms with Crippen molar-refractivity contribution in [2.75, 3.05) is 0 Å². The number of carbonyl (C=O) groups excluding carboxylic acids is 2. The number of benzene rings is 1. The van der Waals surface area contributed by atoms with Gasteiger partial charge < -0.3 is 9.69 Å². The summed E-state index contributed by atoms with van der Waals surface area (Å²) in [5.74, 6) is 0.172. The van der Waals surface area contributed by atoms with Crippen LogP contribution in [0.15, 0.2) is 47.1 Å². The number of carbonyl (C=O) groups is 2. The second-order valence-electron chi connectivity index (χ2n) is 6.47. The molecule has 0 N–H and O–H groups in total. The predicted molar refractivity (Wildman–Crippen MR) is 93.6 cm³/mol. The highest BCUT2D eigenvalue weighted by molar-refractivity contribution is 9.10. The van der Waals surface area contributed by atoms with Crippen molar-refractivity contribution in [3.05, 3.63) is 63.9 Å². The van der Waals surface area contributed by atoms with Crippen molar-refractivity contribution in [3.8, 4) is 0 Å². The summed E-state index contributed by atoms with van der Waals surface area (Å²) >= 11 is 3.56. The van der Waals surface area contributed by atoms with Crippen molar-refractivity contribution >= 4 is 28.1 Å². The molecule has 1 unspecified atom stereocenters. The van der Waals surface area contributed by atoms with Crippen LogP contribution in [0.25, 0.3) is 0 Å². The third kappa shape index (κ3) is 2.47. The standard InChI is InChI=1S/C19H17BrN2O2/c20-16-6-3-7-21-17(16)10-18-14-4-1-2-5-15(14)19(24)22(18)13-8-12(9-13)11-23/h1-7,11-13,18H,8-10H2. The Kier molecular flexibility index (Phi) is 3.96. The lowest BCUT2D eigenvalue weighted by Gasteiger charge is -2.42. The molecule has 2 aliphatic rings. The lowest BCUT2D eigenvalue weighted by molar-refractivity contribution is -0.115. The van der Waals surface area contributed by atoms with Crippen LogP contribution in [0.3, 0.4) is 0 Å². The van der Waals surface area contributed by atoms with E-state index in [4.69, 9.17) is 0 Å². The van der Waals surface area contributed by atoms with Gasteiger partial charge in [-0.3, -0.25) is 9.78 Å². The lowest BCUT2D eigenvalue weighted by Crippen LogP contribution is -2.47. The number of hydrogen-bond donors (Lipinski definition) is 0. The summed E-state index contributed by atoms with van der Waals surface area (Å²) in [7, 11) is 0. The largest absolute Gasteiger partial charge is 0.328 e. The van der Waals surface area contributed by atoms with Crippen LogP contribution < -0.4 is 0 Å². The van der Waals surface area contributed by atoms with Gasteiger partial charge in [-0.15, -0.1) is 0 Å². The Bertz CT molecular complexity index is 801. The first kappa shape index (κ1) is 15.5. The third-order valence-electron chi connectivity index (χ3n) is 5.08. The molecule has 1 atom stereocenters. The average Bonchev–Trinajstić information content (AvgIpc) is 2.82. The molecule has 1 aromatic carbocycles. The molecule has 5 heteroatoms. The number of nitrogens with zero attached hydrogens (tertiary/aromatic N) is 2. The Morgan fingerprint density at radius 2 is 2.00 bits per heavy atom. The van der Waals surface area contributed by atoms with Crippen molar-refractivity contribution in [3.63, 3.8) is 0 Å². The number of halogens is 1. The molecule has 0 radical (unpaired) electrons. The molecule has 2 aromatic rings. The Balaban J connectivity index is 1.69. The summed E-state index contributed by atoms with van der Waals surface area (Å²) in [6.45, 7) is 0. The zero-order valence-electron chi connectivity index (χ0n) is 13.1. The maximum Gasteiger partial charge on any atom is 0.254 e. The molecule has 0 saturated heterocycles. The average molecular weight is 385 g/mol. The number of pyridine rings is 1. The third-order valence-corrected chi connectivity index (χ3v) is 5.80. The van der Waals surface area contributed by atoms with Crippen molar-refractivity contribution in [1.82, 2.24) is 9.88 Å². The topological polar surface area (TPSA) is 50.3 Å². The van der Waals surface area contributed by atoms with Crippen LogP contribution in [0.1, 0.15) is 40.5 Å². The monoisotopic (exact) mass is 384 g/mol. The molecule has 2 heterocycles. The van der Waals surface area contributed by atoms with Gasteiger partial charge >= 0.3 is 0 Å². The number of amides is 1. The molecule has 4 rings (SSSR count). The first-order valence-corrected chi connectivity index (χ1v) is 8.94. The molecule has 1 aliphatic carbocycles. The fourth-order valence-corrected chi connectivity index (χ4v) is 4.18. The summed E-state index contributed by atoms with van der Waals surface area (Å²) in [6, 6.07) is 11.8. The van der Waals surface area contributed by atoms with Crippen LogP contribution in [0, 0.1) is 5.92 Å². The van der Waals surface area contributed by atoms with Gasteiger partial charge in [0.25, 0.3) is 5.91 Å². The van der Waals surface area contributed by atoms with Gasteiger partial charge in [0, 0.05) is 34.6 Å². The predicted octanol–water partition coefficient (Wildman–Crippen LogP) is 3.56. The van der Waals surface area contributed by atoms with E-state index in [-0.39, 0.29) is 23.9 Å². The van der Waals surface area contributed by atoms with Crippen LogP contribution >= 0.6 is 15.9 Å². The summed E-state index contributed by atoms with van der Waals surface area (Å²) in [4.78, 5) is 30.3. The minimum Gasteiger partial charge on any atom is -0.328 e. The number of fused-ring (bicyclic) bond motifs is 1. The number of aromatic nitrogens is 1. The molecule has 0 spiro atoms. The molecule has 1 fully saturated rings. The van der Waals surface area contributed by atoms with E-state index in [1.165, 1.54) is 0 Å². The lowest BCUT2D eigenvalue weighted by atomic mass is 9.79. The molecule has 1 saturated carbocycles. The highest BCUT2D eigenvalue weighted by atomic mass is 79.9. The maximum atomic E-state index is 12.9. The molecule has 1 aromatic heterocycles. The normalized spacial score (nSPS) is 25.3. The van der Waals surface area contributed by atoms with E-state index in [0.717, 1.165) is 40.4 Å². The first-order valence-electron chi connectivity index (χ1n) is 8.15. The van der Waals surface area contributed by atoms with Gasteiger partial charge in [-0.2, -0.15) is 0 Å². The van der Waals surface area contributed by atoms with E-state index in [9.17, 15) is 9.59 Å². The van der Waals surface area contributed by atoms with Gasteiger partial charge in [0.15, 0.2) is 0 Å². The summed E-state index contributed by atoms with van der Waals surface area (Å²) in [6.07, 6.45) is 4.99. The first-order chi connectivity index (χ1) is 11.7. The summed E-state index contributed by atoms with van der Waals surface area (Å²) in [5.41, 5.74) is 2.79. The molecule has 1 aliphatic heterocycles. The van der Waals surface area contributed by atoms with Gasteiger partial charge in [-0.25, -0.2) is 0 Å². The van der Waals surface area contributed by atoms with Gasteiger partial charge in [0.2, 0.25) is 0 Å². The van der Waals surface area contributed by atoms with Gasteiger partial charge in [-0.1, -0.05) is 18.2 Å². The van der Waals surface area contributed by atoms with Crippen LogP contribution in [0.4, 0.5) is 0 Å². The Hall–Kier alpha value is -2.01. The van der Waals surface area contributed by atoms with Gasteiger partial charge in [0.1, 0.15) is 6.29 Å². The van der Waals surface area contributed by atoms with Crippen molar-refractivity contribution in [1.29, 1.82) is 0 Å². The van der Waals surface area contributed by atoms with Gasteiger partial charge in [-0.05, 0) is 52.5 Å². The van der Waals surface area contributed by atoms with Crippen LogP contribution in [-0.4, -0.2) is 28.1 Å². The maximum absolute atomic E-state index is 12.9.